The highest BCUT2D eigenvalue weighted by Crippen LogP contribution is 1.85. The van der Waals surface area contributed by atoms with E-state index in [4.69, 9.17) is 19.7 Å². The van der Waals surface area contributed by atoms with Gasteiger partial charge in [-0.05, 0) is 0 Å². The van der Waals surface area contributed by atoms with Gasteiger partial charge < -0.3 is 19.7 Å². The van der Waals surface area contributed by atoms with Gasteiger partial charge in [-0.25, -0.2) is 0 Å². The molecule has 0 aromatic rings. The maximum atomic E-state index is 7.62. The summed E-state index contributed by atoms with van der Waals surface area (Å²) in [5, 5.41) is 15.2. The van der Waals surface area contributed by atoms with E-state index < -0.39 is 0 Å². The molecule has 1 aliphatic rings. The summed E-state index contributed by atoms with van der Waals surface area (Å²) in [4.78, 5) is 0. The quantitative estimate of drug-likeness (QED) is 0.503. The Morgan fingerprint density at radius 1 is 0.800 bits per heavy atom. The highest BCUT2D eigenvalue weighted by molar-refractivity contribution is 4.37. The Labute approximate surface area is 60.4 Å². The summed E-state index contributed by atoms with van der Waals surface area (Å²) in [6, 6.07) is 0. The Kier molecular flexibility index (Phi) is 8.70. The van der Waals surface area contributed by atoms with Crippen LogP contribution in [0, 0.1) is 0 Å². The molecule has 1 aliphatic heterocycles. The van der Waals surface area contributed by atoms with Gasteiger partial charge in [-0.2, -0.15) is 0 Å². The van der Waals surface area contributed by atoms with E-state index in [0.717, 1.165) is 26.4 Å². The smallest absolute Gasteiger partial charge is 0.0701 e. The van der Waals surface area contributed by atoms with Gasteiger partial charge in [0.1, 0.15) is 0 Å². The van der Waals surface area contributed by atoms with Crippen LogP contribution >= 0.6 is 0 Å². The minimum Gasteiger partial charge on any atom is -0.394 e. The zero-order chi connectivity index (χ0) is 7.66. The number of aliphatic hydroxyl groups excluding tert-OH is 2. The van der Waals surface area contributed by atoms with E-state index in [-0.39, 0.29) is 13.2 Å². The molecule has 2 N–H and O–H groups in total. The molecule has 1 heterocycles. The summed E-state index contributed by atoms with van der Waals surface area (Å²) >= 11 is 0. The predicted molar refractivity (Wildman–Crippen MR) is 35.8 cm³/mol. The molecule has 0 aliphatic carbocycles. The zero-order valence-electron chi connectivity index (χ0n) is 5.95. The minimum atomic E-state index is -0.125. The largest absolute Gasteiger partial charge is 0.394 e. The van der Waals surface area contributed by atoms with Crippen LogP contribution < -0.4 is 0 Å². The lowest BCUT2D eigenvalue weighted by Crippen LogP contribution is -2.16. The van der Waals surface area contributed by atoms with Crippen LogP contribution in [0.1, 0.15) is 0 Å². The van der Waals surface area contributed by atoms with Crippen LogP contribution in [0.5, 0.6) is 0 Å². The van der Waals surface area contributed by atoms with Gasteiger partial charge in [0, 0.05) is 0 Å². The number of aliphatic hydroxyl groups is 2. The minimum absolute atomic E-state index is 0.125. The first-order chi connectivity index (χ1) is 4.91. The first kappa shape index (κ1) is 9.84. The molecule has 0 amide bonds. The lowest BCUT2D eigenvalue weighted by Gasteiger charge is -2.09. The van der Waals surface area contributed by atoms with Crippen molar-refractivity contribution in [2.24, 2.45) is 0 Å². The van der Waals surface area contributed by atoms with Crippen LogP contribution in [-0.2, 0) is 9.47 Å². The molecule has 4 heteroatoms. The fraction of sp³-hybridized carbons (Fsp3) is 1.00. The number of hydrogen-bond donors (Lipinski definition) is 2. The second-order valence-electron chi connectivity index (χ2n) is 1.67. The van der Waals surface area contributed by atoms with Crippen molar-refractivity contribution in [2.75, 3.05) is 39.6 Å². The maximum absolute atomic E-state index is 7.62. The van der Waals surface area contributed by atoms with E-state index in [1.165, 1.54) is 0 Å². The van der Waals surface area contributed by atoms with E-state index in [1.54, 1.807) is 0 Å². The van der Waals surface area contributed by atoms with E-state index in [0.29, 0.717) is 0 Å². The standard InChI is InChI=1S/C4H8O2.C2H6O2/c1-2-6-4-3-5-1;3-1-2-4/h1-4H2;3-4H,1-2H2. The highest BCUT2D eigenvalue weighted by Gasteiger charge is 1.94. The van der Waals surface area contributed by atoms with Gasteiger partial charge in [0.25, 0.3) is 0 Å². The van der Waals surface area contributed by atoms with Gasteiger partial charge in [-0.1, -0.05) is 0 Å². The van der Waals surface area contributed by atoms with Gasteiger partial charge in [-0.15, -0.1) is 0 Å². The summed E-state index contributed by atoms with van der Waals surface area (Å²) < 4.78 is 9.89. The van der Waals surface area contributed by atoms with E-state index >= 15 is 0 Å². The molecular weight excluding hydrogens is 136 g/mol. The van der Waals surface area contributed by atoms with Crippen molar-refractivity contribution in [3.63, 3.8) is 0 Å². The zero-order valence-corrected chi connectivity index (χ0v) is 5.95. The number of hydrogen-bond acceptors (Lipinski definition) is 4. The Morgan fingerprint density at radius 2 is 1.10 bits per heavy atom. The van der Waals surface area contributed by atoms with Crippen LogP contribution in [0.2, 0.25) is 0 Å². The molecule has 1 fully saturated rings. The molecule has 1 rings (SSSR count). The van der Waals surface area contributed by atoms with Crippen molar-refractivity contribution in [1.82, 2.24) is 0 Å². The molecule has 1 saturated heterocycles. The van der Waals surface area contributed by atoms with Crippen LogP contribution in [0.15, 0.2) is 0 Å². The number of rotatable bonds is 1. The van der Waals surface area contributed by atoms with Crippen LogP contribution in [0.25, 0.3) is 0 Å². The second kappa shape index (κ2) is 8.84. The third-order valence-electron chi connectivity index (χ3n) is 0.844. The molecule has 4 nitrogen and oxygen atoms in total. The fourth-order valence-corrected chi connectivity index (χ4v) is 0.440. The summed E-state index contributed by atoms with van der Waals surface area (Å²) in [5.74, 6) is 0. The van der Waals surface area contributed by atoms with Gasteiger partial charge in [0.15, 0.2) is 0 Å². The topological polar surface area (TPSA) is 58.9 Å². The normalized spacial score (nSPS) is 17.4. The molecule has 0 radical (unpaired) electrons. The molecule has 0 saturated carbocycles. The van der Waals surface area contributed by atoms with E-state index in [2.05, 4.69) is 0 Å². The average molecular weight is 150 g/mol. The Bertz CT molecular complexity index is 40.2. The maximum Gasteiger partial charge on any atom is 0.0701 e. The van der Waals surface area contributed by atoms with Crippen LogP contribution in [0.3, 0.4) is 0 Å². The van der Waals surface area contributed by atoms with Crippen molar-refractivity contribution >= 4 is 0 Å². The van der Waals surface area contributed by atoms with E-state index in [1.807, 2.05) is 0 Å². The SMILES string of the molecule is C1COCCO1.OCCO. The van der Waals surface area contributed by atoms with Crippen molar-refractivity contribution in [2.45, 2.75) is 0 Å². The van der Waals surface area contributed by atoms with Gasteiger partial charge in [0.05, 0.1) is 39.6 Å². The first-order valence-corrected chi connectivity index (χ1v) is 3.29. The molecule has 0 aromatic heterocycles. The molecule has 10 heavy (non-hydrogen) atoms. The van der Waals surface area contributed by atoms with Crippen molar-refractivity contribution < 1.29 is 19.7 Å². The van der Waals surface area contributed by atoms with Gasteiger partial charge in [-0.3, -0.25) is 0 Å². The fourth-order valence-electron chi connectivity index (χ4n) is 0.440. The van der Waals surface area contributed by atoms with Crippen LogP contribution in [0.4, 0.5) is 0 Å². The Hall–Kier alpha value is -0.160. The monoisotopic (exact) mass is 150 g/mol. The third-order valence-corrected chi connectivity index (χ3v) is 0.844. The van der Waals surface area contributed by atoms with Gasteiger partial charge in [0.2, 0.25) is 0 Å². The van der Waals surface area contributed by atoms with Crippen molar-refractivity contribution in [3.05, 3.63) is 0 Å². The highest BCUT2D eigenvalue weighted by atomic mass is 16.6. The average Bonchev–Trinajstić information content (AvgIpc) is 2.08. The first-order valence-electron chi connectivity index (χ1n) is 3.29. The number of ether oxygens (including phenoxy) is 2. The molecule has 0 bridgehead atoms. The predicted octanol–water partition coefficient (Wildman–Crippen LogP) is -0.996. The molecule has 0 unspecified atom stereocenters. The molecular formula is C6H14O4. The van der Waals surface area contributed by atoms with Crippen LogP contribution in [-0.4, -0.2) is 49.9 Å². The van der Waals surface area contributed by atoms with Gasteiger partial charge >= 0.3 is 0 Å². The molecule has 0 atom stereocenters. The van der Waals surface area contributed by atoms with Crippen molar-refractivity contribution in [3.8, 4) is 0 Å². The Balaban J connectivity index is 0.000000180. The molecule has 0 aromatic carbocycles. The lowest BCUT2D eigenvalue weighted by molar-refractivity contribution is -0.0334. The molecule has 62 valence electrons. The summed E-state index contributed by atoms with van der Waals surface area (Å²) in [5.41, 5.74) is 0. The lowest BCUT2D eigenvalue weighted by atomic mass is 10.6. The van der Waals surface area contributed by atoms with Crippen molar-refractivity contribution in [1.29, 1.82) is 0 Å². The second-order valence-corrected chi connectivity index (χ2v) is 1.67. The Morgan fingerprint density at radius 3 is 1.20 bits per heavy atom. The third kappa shape index (κ3) is 7.84. The molecule has 0 spiro atoms. The summed E-state index contributed by atoms with van der Waals surface area (Å²) in [6.45, 7) is 2.86. The summed E-state index contributed by atoms with van der Waals surface area (Å²) in [6.07, 6.45) is 0. The summed E-state index contributed by atoms with van der Waals surface area (Å²) in [7, 11) is 0. The van der Waals surface area contributed by atoms with E-state index in [9.17, 15) is 0 Å².